The number of nitrogens with zero attached hydrogens (tertiary/aromatic N) is 4. The highest BCUT2D eigenvalue weighted by molar-refractivity contribution is 5.95. The number of fused-ring (bicyclic) bond motifs is 1. The molecular weight excluding hydrogens is 282 g/mol. The summed E-state index contributed by atoms with van der Waals surface area (Å²) in [4.78, 5) is 24.2. The fourth-order valence-corrected chi connectivity index (χ4v) is 2.35. The van der Waals surface area contributed by atoms with E-state index in [0.29, 0.717) is 22.2 Å². The van der Waals surface area contributed by atoms with Crippen LogP contribution >= 0.6 is 0 Å². The number of nitrogens with one attached hydrogen (secondary N) is 1. The van der Waals surface area contributed by atoms with Crippen molar-refractivity contribution in [1.82, 2.24) is 19.6 Å². The third kappa shape index (κ3) is 2.60. The Labute approximate surface area is 126 Å². The van der Waals surface area contributed by atoms with Crippen molar-refractivity contribution in [3.8, 4) is 0 Å². The van der Waals surface area contributed by atoms with Crippen LogP contribution in [0.5, 0.6) is 0 Å². The first-order valence-electron chi connectivity index (χ1n) is 6.78. The maximum atomic E-state index is 12.2. The van der Waals surface area contributed by atoms with E-state index in [9.17, 15) is 9.59 Å². The molecular formula is C15H15N5O2. The lowest BCUT2D eigenvalue weighted by Crippen LogP contribution is -2.23. The van der Waals surface area contributed by atoms with Gasteiger partial charge in [0.2, 0.25) is 5.91 Å². The Hall–Kier alpha value is -2.96. The first-order valence-corrected chi connectivity index (χ1v) is 6.78. The molecule has 22 heavy (non-hydrogen) atoms. The number of aryl methyl sites for hydroxylation is 2. The summed E-state index contributed by atoms with van der Waals surface area (Å²) in [6.45, 7) is 0. The van der Waals surface area contributed by atoms with E-state index in [1.165, 1.54) is 4.68 Å². The smallest absolute Gasteiger partial charge is 0.274 e. The van der Waals surface area contributed by atoms with Gasteiger partial charge < -0.3 is 5.32 Å². The van der Waals surface area contributed by atoms with Gasteiger partial charge in [0, 0.05) is 25.7 Å². The van der Waals surface area contributed by atoms with Crippen LogP contribution < -0.4 is 10.9 Å². The van der Waals surface area contributed by atoms with Crippen LogP contribution in [0.1, 0.15) is 5.69 Å². The molecule has 112 valence electrons. The van der Waals surface area contributed by atoms with Crippen molar-refractivity contribution < 1.29 is 4.79 Å². The van der Waals surface area contributed by atoms with Crippen LogP contribution in [0.4, 0.5) is 5.69 Å². The second-order valence-corrected chi connectivity index (χ2v) is 5.05. The van der Waals surface area contributed by atoms with Crippen molar-refractivity contribution in [1.29, 1.82) is 0 Å². The topological polar surface area (TPSA) is 81.8 Å². The largest absolute Gasteiger partial charge is 0.323 e. The number of carbonyl (C=O) groups is 1. The summed E-state index contributed by atoms with van der Waals surface area (Å²) >= 11 is 0. The number of carbonyl (C=O) groups excluding carboxylic acids is 1. The molecule has 0 unspecified atom stereocenters. The minimum Gasteiger partial charge on any atom is -0.323 e. The summed E-state index contributed by atoms with van der Waals surface area (Å²) in [7, 11) is 3.36. The van der Waals surface area contributed by atoms with E-state index in [1.807, 2.05) is 6.07 Å². The van der Waals surface area contributed by atoms with Gasteiger partial charge in [-0.3, -0.25) is 14.3 Å². The van der Waals surface area contributed by atoms with Gasteiger partial charge in [0.15, 0.2) is 0 Å². The van der Waals surface area contributed by atoms with Crippen molar-refractivity contribution in [2.75, 3.05) is 5.32 Å². The van der Waals surface area contributed by atoms with Gasteiger partial charge in [-0.05, 0) is 6.07 Å². The van der Waals surface area contributed by atoms with E-state index in [2.05, 4.69) is 15.5 Å². The van der Waals surface area contributed by atoms with E-state index in [0.717, 1.165) is 0 Å². The van der Waals surface area contributed by atoms with Crippen LogP contribution in [0.15, 0.2) is 41.5 Å². The van der Waals surface area contributed by atoms with Crippen LogP contribution in [0.25, 0.3) is 10.8 Å². The number of rotatable bonds is 3. The Morgan fingerprint density at radius 3 is 2.64 bits per heavy atom. The van der Waals surface area contributed by atoms with Crippen molar-refractivity contribution >= 4 is 22.4 Å². The zero-order valence-corrected chi connectivity index (χ0v) is 12.3. The molecule has 0 spiro atoms. The highest BCUT2D eigenvalue weighted by atomic mass is 16.1. The van der Waals surface area contributed by atoms with Gasteiger partial charge in [-0.1, -0.05) is 18.2 Å². The molecule has 0 saturated carbocycles. The molecule has 1 aromatic carbocycles. The standard InChI is InChI=1S/C15H15N5O2/c1-19-9-10(8-16-19)17-14(21)7-13-11-5-3-4-6-12(11)15(22)20(2)18-13/h3-6,8-9H,7H2,1-2H3,(H,17,21). The average Bonchev–Trinajstić information content (AvgIpc) is 2.89. The Morgan fingerprint density at radius 2 is 1.95 bits per heavy atom. The number of benzene rings is 1. The molecule has 1 amide bonds. The summed E-state index contributed by atoms with van der Waals surface area (Å²) < 4.78 is 2.87. The molecule has 3 aromatic rings. The molecule has 2 heterocycles. The molecule has 0 bridgehead atoms. The molecule has 0 saturated heterocycles. The van der Waals surface area contributed by atoms with E-state index in [-0.39, 0.29) is 17.9 Å². The van der Waals surface area contributed by atoms with Gasteiger partial charge in [-0.15, -0.1) is 0 Å². The molecule has 7 heteroatoms. The third-order valence-corrected chi connectivity index (χ3v) is 3.35. The van der Waals surface area contributed by atoms with Crippen LogP contribution in [0.3, 0.4) is 0 Å². The summed E-state index contributed by atoms with van der Waals surface area (Å²) in [5.41, 5.74) is 1.02. The van der Waals surface area contributed by atoms with Gasteiger partial charge in [-0.2, -0.15) is 10.2 Å². The summed E-state index contributed by atoms with van der Waals surface area (Å²) in [6, 6.07) is 7.16. The first-order chi connectivity index (χ1) is 10.5. The minimum atomic E-state index is -0.204. The van der Waals surface area contributed by atoms with E-state index in [1.54, 1.807) is 49.4 Å². The van der Waals surface area contributed by atoms with Gasteiger partial charge in [0.25, 0.3) is 5.56 Å². The number of anilines is 1. The second kappa shape index (κ2) is 5.44. The molecule has 2 aromatic heterocycles. The van der Waals surface area contributed by atoms with Crippen molar-refractivity contribution in [2.45, 2.75) is 6.42 Å². The van der Waals surface area contributed by atoms with Gasteiger partial charge in [-0.25, -0.2) is 4.68 Å². The number of amides is 1. The number of hydrogen-bond acceptors (Lipinski definition) is 4. The number of aromatic nitrogens is 4. The summed E-state index contributed by atoms with van der Waals surface area (Å²) in [6.07, 6.45) is 3.37. The van der Waals surface area contributed by atoms with Crippen LogP contribution in [-0.2, 0) is 25.3 Å². The third-order valence-electron chi connectivity index (χ3n) is 3.35. The van der Waals surface area contributed by atoms with Crippen LogP contribution in [-0.4, -0.2) is 25.5 Å². The predicted molar refractivity (Wildman–Crippen MR) is 82.5 cm³/mol. The maximum Gasteiger partial charge on any atom is 0.274 e. The Morgan fingerprint density at radius 1 is 1.23 bits per heavy atom. The highest BCUT2D eigenvalue weighted by Crippen LogP contribution is 2.14. The Kier molecular flexibility index (Phi) is 3.46. The molecule has 0 aliphatic rings. The maximum absolute atomic E-state index is 12.2. The fraction of sp³-hybridized carbons (Fsp3) is 0.200. The van der Waals surface area contributed by atoms with Crippen molar-refractivity contribution in [3.05, 3.63) is 52.7 Å². The van der Waals surface area contributed by atoms with Crippen molar-refractivity contribution in [2.24, 2.45) is 14.1 Å². The molecule has 0 aliphatic heterocycles. The molecule has 0 atom stereocenters. The Bertz CT molecular complexity index is 910. The lowest BCUT2D eigenvalue weighted by atomic mass is 10.1. The van der Waals surface area contributed by atoms with E-state index < -0.39 is 0 Å². The molecule has 0 fully saturated rings. The SMILES string of the molecule is Cn1cc(NC(=O)Cc2nn(C)c(=O)c3ccccc23)cn1. The average molecular weight is 297 g/mol. The predicted octanol–water partition coefficient (Wildman–Crippen LogP) is 0.848. The fourth-order valence-electron chi connectivity index (χ4n) is 2.35. The van der Waals surface area contributed by atoms with Crippen LogP contribution in [0, 0.1) is 0 Å². The van der Waals surface area contributed by atoms with Gasteiger partial charge in [0.05, 0.1) is 29.4 Å². The highest BCUT2D eigenvalue weighted by Gasteiger charge is 2.12. The lowest BCUT2D eigenvalue weighted by molar-refractivity contribution is -0.115. The van der Waals surface area contributed by atoms with E-state index in [4.69, 9.17) is 0 Å². The van der Waals surface area contributed by atoms with Crippen molar-refractivity contribution in [3.63, 3.8) is 0 Å². The summed E-state index contributed by atoms with van der Waals surface area (Å²) in [5.74, 6) is -0.204. The molecule has 3 rings (SSSR count). The zero-order chi connectivity index (χ0) is 15.7. The first kappa shape index (κ1) is 14.0. The molecule has 1 N–H and O–H groups in total. The van der Waals surface area contributed by atoms with Gasteiger partial charge >= 0.3 is 0 Å². The van der Waals surface area contributed by atoms with Gasteiger partial charge in [0.1, 0.15) is 0 Å². The Balaban J connectivity index is 1.92. The minimum absolute atomic E-state index is 0.0868. The lowest BCUT2D eigenvalue weighted by Gasteiger charge is -2.08. The molecule has 0 radical (unpaired) electrons. The summed E-state index contributed by atoms with van der Waals surface area (Å²) in [5, 5.41) is 12.2. The second-order valence-electron chi connectivity index (χ2n) is 5.05. The van der Waals surface area contributed by atoms with Crippen LogP contribution in [0.2, 0.25) is 0 Å². The number of hydrogen-bond donors (Lipinski definition) is 1. The normalized spacial score (nSPS) is 10.8. The molecule has 0 aliphatic carbocycles. The quantitative estimate of drug-likeness (QED) is 0.777. The van der Waals surface area contributed by atoms with E-state index >= 15 is 0 Å². The monoisotopic (exact) mass is 297 g/mol. The molecule has 7 nitrogen and oxygen atoms in total. The zero-order valence-electron chi connectivity index (χ0n) is 12.3.